The third-order valence-corrected chi connectivity index (χ3v) is 20.0. The maximum atomic E-state index is 14.8. The summed E-state index contributed by atoms with van der Waals surface area (Å²) < 4.78 is 38.8. The van der Waals surface area contributed by atoms with Crippen LogP contribution in [0.25, 0.3) is 0 Å². The SMILES string of the molecule is C=C(C)[C@@H]1CC[C@]2(NCCN3CCS(=O)(=O)CC3)CC[C@]3(C)[C@H](CC[C@@H]4[C@@]5(C)CC=C(C6=CC7C(C(=O)O)C(F)[C@@H]7CC6)C(C)(C)[C@@H]5CC[C@]43C)[C@@H]12. The van der Waals surface area contributed by atoms with E-state index in [4.69, 9.17) is 0 Å². The van der Waals surface area contributed by atoms with Crippen LogP contribution in [0.3, 0.4) is 0 Å². The number of halogens is 1. The van der Waals surface area contributed by atoms with Gasteiger partial charge in [-0.2, -0.15) is 0 Å². The van der Waals surface area contributed by atoms with Crippen molar-refractivity contribution in [1.82, 2.24) is 10.2 Å². The molecule has 1 aliphatic heterocycles. The number of aliphatic carboxylic acids is 1. The number of nitrogens with one attached hydrogen (secondary N) is 1. The smallest absolute Gasteiger partial charge is 0.310 e. The Hall–Kier alpha value is -1.51. The normalized spacial score (nSPS) is 49.1. The van der Waals surface area contributed by atoms with Crippen molar-refractivity contribution >= 4 is 15.8 Å². The number of carbonyl (C=O) groups is 1. The van der Waals surface area contributed by atoms with Crippen LogP contribution in [-0.4, -0.2) is 73.8 Å². The molecule has 0 aromatic heterocycles. The Morgan fingerprint density at radius 2 is 1.71 bits per heavy atom. The molecule has 8 rings (SSSR count). The van der Waals surface area contributed by atoms with E-state index in [-0.39, 0.29) is 39.0 Å². The molecule has 7 aliphatic carbocycles. The van der Waals surface area contributed by atoms with Gasteiger partial charge in [0.2, 0.25) is 0 Å². The lowest BCUT2D eigenvalue weighted by atomic mass is 9.33. The summed E-state index contributed by atoms with van der Waals surface area (Å²) in [5, 5.41) is 14.0. The molecular weight excluding hydrogens is 672 g/mol. The van der Waals surface area contributed by atoms with Gasteiger partial charge in [0, 0.05) is 31.7 Å². The Kier molecular flexibility index (Phi) is 8.99. The molecule has 1 saturated heterocycles. The van der Waals surface area contributed by atoms with E-state index in [1.807, 2.05) is 0 Å². The fraction of sp³-hybridized carbons (Fsp3) is 0.841. The molecule has 52 heavy (non-hydrogen) atoms. The van der Waals surface area contributed by atoms with Crippen LogP contribution in [0.5, 0.6) is 0 Å². The third kappa shape index (κ3) is 5.31. The molecule has 0 aromatic rings. The average molecular weight is 739 g/mol. The number of hydrogen-bond acceptors (Lipinski definition) is 5. The van der Waals surface area contributed by atoms with Crippen LogP contribution in [0, 0.1) is 69.0 Å². The zero-order valence-corrected chi connectivity index (χ0v) is 33.8. The first-order chi connectivity index (χ1) is 24.4. The fourth-order valence-electron chi connectivity index (χ4n) is 15.6. The molecule has 8 heteroatoms. The standard InChI is InChI=1S/C44H67FN2O4S/c1-27(2)29-12-17-44(46-20-21-47-22-24-52(50,51)25-23-47)19-18-42(6)33(37(29)44)10-11-35-41(5)15-13-32(40(3,4)34(41)14-16-43(35,42)7)28-8-9-30-31(26-28)36(38(30)45)39(48)49/h13,26,29-31,33-38,46H,1,8-12,14-25H2,2-7H3,(H,48,49)/t29-,30+,31?,33+,34-,35+,36?,37+,38?,41-,42+,43+,44-/m0/s1. The lowest BCUT2D eigenvalue weighted by Gasteiger charge is -2.72. The van der Waals surface area contributed by atoms with Gasteiger partial charge in [-0.15, -0.1) is 0 Å². The molecule has 13 atom stereocenters. The van der Waals surface area contributed by atoms with E-state index >= 15 is 0 Å². The number of rotatable bonds is 7. The second-order valence-electron chi connectivity index (χ2n) is 20.6. The van der Waals surface area contributed by atoms with Gasteiger partial charge in [-0.1, -0.05) is 58.9 Å². The highest BCUT2D eigenvalue weighted by atomic mass is 32.2. The second-order valence-corrected chi connectivity index (χ2v) is 22.9. The van der Waals surface area contributed by atoms with E-state index in [0.29, 0.717) is 54.2 Å². The maximum Gasteiger partial charge on any atom is 0.310 e. The quantitative estimate of drug-likeness (QED) is 0.256. The van der Waals surface area contributed by atoms with Crippen molar-refractivity contribution in [2.24, 2.45) is 69.0 Å². The van der Waals surface area contributed by atoms with Gasteiger partial charge >= 0.3 is 5.97 Å². The summed E-state index contributed by atoms with van der Waals surface area (Å²) in [6, 6.07) is 0. The third-order valence-electron chi connectivity index (χ3n) is 18.4. The molecule has 0 aromatic carbocycles. The van der Waals surface area contributed by atoms with E-state index in [2.05, 4.69) is 70.5 Å². The second kappa shape index (κ2) is 12.5. The molecule has 2 N–H and O–H groups in total. The highest BCUT2D eigenvalue weighted by molar-refractivity contribution is 7.91. The summed E-state index contributed by atoms with van der Waals surface area (Å²) in [6.45, 7) is 23.0. The highest BCUT2D eigenvalue weighted by Gasteiger charge is 2.70. The minimum Gasteiger partial charge on any atom is -0.481 e. The molecule has 3 unspecified atom stereocenters. The number of hydrogen-bond donors (Lipinski definition) is 2. The molecule has 1 heterocycles. The monoisotopic (exact) mass is 738 g/mol. The van der Waals surface area contributed by atoms with E-state index in [0.717, 1.165) is 32.4 Å². The Morgan fingerprint density at radius 1 is 0.981 bits per heavy atom. The van der Waals surface area contributed by atoms with Gasteiger partial charge in [-0.3, -0.25) is 4.79 Å². The van der Waals surface area contributed by atoms with Crippen LogP contribution < -0.4 is 5.32 Å². The number of carboxylic acids is 1. The van der Waals surface area contributed by atoms with Crippen LogP contribution in [-0.2, 0) is 14.6 Å². The van der Waals surface area contributed by atoms with Crippen molar-refractivity contribution in [3.8, 4) is 0 Å². The first kappa shape index (κ1) is 37.4. The number of fused-ring (bicyclic) bond motifs is 8. The van der Waals surface area contributed by atoms with E-state index in [9.17, 15) is 22.7 Å². The van der Waals surface area contributed by atoms with Crippen LogP contribution >= 0.6 is 0 Å². The molecular formula is C44H67FN2O4S. The molecule has 290 valence electrons. The van der Waals surface area contributed by atoms with Gasteiger partial charge < -0.3 is 15.3 Å². The Labute approximate surface area is 313 Å². The first-order valence-corrected chi connectivity index (χ1v) is 22.8. The topological polar surface area (TPSA) is 86.7 Å². The van der Waals surface area contributed by atoms with Crippen molar-refractivity contribution in [2.45, 2.75) is 124 Å². The fourth-order valence-corrected chi connectivity index (χ4v) is 16.9. The minimum atomic E-state index is -2.87. The molecule has 0 radical (unpaired) electrons. The van der Waals surface area contributed by atoms with E-state index in [1.165, 1.54) is 68.1 Å². The van der Waals surface area contributed by atoms with Gasteiger partial charge in [0.05, 0.1) is 17.4 Å². The van der Waals surface area contributed by atoms with Crippen LogP contribution in [0.2, 0.25) is 0 Å². The molecule has 8 aliphatic rings. The van der Waals surface area contributed by atoms with Gasteiger partial charge in [0.25, 0.3) is 0 Å². The first-order valence-electron chi connectivity index (χ1n) is 21.0. The van der Waals surface area contributed by atoms with Crippen molar-refractivity contribution in [3.63, 3.8) is 0 Å². The molecule has 6 nitrogen and oxygen atoms in total. The summed E-state index contributed by atoms with van der Waals surface area (Å²) >= 11 is 0. The van der Waals surface area contributed by atoms with E-state index in [1.54, 1.807) is 0 Å². The molecule has 0 bridgehead atoms. The van der Waals surface area contributed by atoms with Crippen molar-refractivity contribution in [3.05, 3.63) is 35.5 Å². The summed E-state index contributed by atoms with van der Waals surface area (Å²) in [5.41, 5.74) is 4.94. The minimum absolute atomic E-state index is 0.0109. The number of alkyl halides is 1. The summed E-state index contributed by atoms with van der Waals surface area (Å²) in [4.78, 5) is 14.3. The average Bonchev–Trinajstić information content (AvgIpc) is 3.45. The Bertz CT molecular complexity index is 1660. The number of carboxylic acid groups (broad SMARTS) is 1. The largest absolute Gasteiger partial charge is 0.481 e. The lowest BCUT2D eigenvalue weighted by molar-refractivity contribution is -0.221. The zero-order chi connectivity index (χ0) is 37.2. The molecule has 0 spiro atoms. The highest BCUT2D eigenvalue weighted by Crippen LogP contribution is 2.76. The number of allylic oxidation sites excluding steroid dienone is 5. The zero-order valence-electron chi connectivity index (χ0n) is 33.0. The summed E-state index contributed by atoms with van der Waals surface area (Å²) in [5.74, 6) is 1.44. The number of sulfone groups is 1. The van der Waals surface area contributed by atoms with Crippen molar-refractivity contribution < 1.29 is 22.7 Å². The lowest BCUT2D eigenvalue weighted by Crippen LogP contribution is -2.68. The summed E-state index contributed by atoms with van der Waals surface area (Å²) in [7, 11) is -2.87. The maximum absolute atomic E-state index is 14.8. The van der Waals surface area contributed by atoms with Crippen LogP contribution in [0.1, 0.15) is 112 Å². The Morgan fingerprint density at radius 3 is 2.40 bits per heavy atom. The Balaban J connectivity index is 1.04. The van der Waals surface area contributed by atoms with Crippen molar-refractivity contribution in [2.75, 3.05) is 37.7 Å². The van der Waals surface area contributed by atoms with Crippen LogP contribution in [0.4, 0.5) is 4.39 Å². The number of nitrogens with zero attached hydrogens (tertiary/aromatic N) is 1. The molecule has 5 saturated carbocycles. The molecule has 0 amide bonds. The van der Waals surface area contributed by atoms with Gasteiger partial charge in [-0.05, 0) is 152 Å². The van der Waals surface area contributed by atoms with Crippen LogP contribution in [0.15, 0.2) is 35.5 Å². The predicted molar refractivity (Wildman–Crippen MR) is 206 cm³/mol. The van der Waals surface area contributed by atoms with Gasteiger partial charge in [0.1, 0.15) is 6.17 Å². The molecule has 6 fully saturated rings. The van der Waals surface area contributed by atoms with Gasteiger partial charge in [-0.25, -0.2) is 12.8 Å². The van der Waals surface area contributed by atoms with E-state index < -0.39 is 27.9 Å². The summed E-state index contributed by atoms with van der Waals surface area (Å²) in [6.07, 6.45) is 16.2. The predicted octanol–water partition coefficient (Wildman–Crippen LogP) is 8.26. The van der Waals surface area contributed by atoms with Gasteiger partial charge in [0.15, 0.2) is 9.84 Å². The van der Waals surface area contributed by atoms with Crippen molar-refractivity contribution in [1.29, 1.82) is 0 Å².